The summed E-state index contributed by atoms with van der Waals surface area (Å²) < 4.78 is 0. The normalized spacial score (nSPS) is 44.7. The number of nitrogens with zero attached hydrogens (tertiary/aromatic N) is 1. The minimum absolute atomic E-state index is 0.0269. The van der Waals surface area contributed by atoms with Crippen molar-refractivity contribution in [2.45, 2.75) is 70.0 Å². The van der Waals surface area contributed by atoms with E-state index in [1.165, 1.54) is 38.8 Å². The molecular formula is C16H30N2O. The number of likely N-dealkylation sites (tertiary alicyclic amines) is 1. The van der Waals surface area contributed by atoms with Crippen LogP contribution in [-0.4, -0.2) is 47.3 Å². The van der Waals surface area contributed by atoms with Gasteiger partial charge in [0.05, 0.1) is 6.61 Å². The van der Waals surface area contributed by atoms with Crippen LogP contribution in [0.15, 0.2) is 0 Å². The Labute approximate surface area is 117 Å². The minimum atomic E-state index is 0.0269. The molecule has 0 aromatic heterocycles. The summed E-state index contributed by atoms with van der Waals surface area (Å²) in [6.07, 6.45) is 7.53. The first-order valence-corrected chi connectivity index (χ1v) is 8.24. The molecule has 0 amide bonds. The molecule has 1 saturated heterocycles. The Morgan fingerprint density at radius 2 is 1.84 bits per heavy atom. The van der Waals surface area contributed by atoms with E-state index in [2.05, 4.69) is 24.1 Å². The molecular weight excluding hydrogens is 236 g/mol. The van der Waals surface area contributed by atoms with Crippen molar-refractivity contribution >= 4 is 0 Å². The summed E-state index contributed by atoms with van der Waals surface area (Å²) in [7, 11) is 0. The highest BCUT2D eigenvalue weighted by atomic mass is 16.3. The number of aliphatic hydroxyl groups excluding tert-OH is 1. The first-order valence-electron chi connectivity index (χ1n) is 8.24. The van der Waals surface area contributed by atoms with E-state index in [-0.39, 0.29) is 5.54 Å². The molecule has 3 rings (SSSR count). The lowest BCUT2D eigenvalue weighted by Crippen LogP contribution is -2.56. The molecule has 0 radical (unpaired) electrons. The van der Waals surface area contributed by atoms with Crippen LogP contribution in [0.25, 0.3) is 0 Å². The molecule has 4 atom stereocenters. The molecule has 3 fully saturated rings. The molecule has 1 heterocycles. The topological polar surface area (TPSA) is 35.5 Å². The van der Waals surface area contributed by atoms with Gasteiger partial charge in [-0.1, -0.05) is 13.8 Å². The highest BCUT2D eigenvalue weighted by Gasteiger charge is 2.42. The van der Waals surface area contributed by atoms with Crippen molar-refractivity contribution in [1.29, 1.82) is 0 Å². The maximum atomic E-state index is 9.90. The van der Waals surface area contributed by atoms with E-state index in [9.17, 15) is 5.11 Å². The maximum Gasteiger partial charge on any atom is 0.0613 e. The smallest absolute Gasteiger partial charge is 0.0613 e. The van der Waals surface area contributed by atoms with Crippen molar-refractivity contribution in [2.24, 2.45) is 11.8 Å². The molecule has 4 unspecified atom stereocenters. The first-order chi connectivity index (χ1) is 9.12. The summed E-state index contributed by atoms with van der Waals surface area (Å²) in [6, 6.07) is 1.39. The zero-order valence-electron chi connectivity index (χ0n) is 12.6. The van der Waals surface area contributed by atoms with Gasteiger partial charge in [0.1, 0.15) is 0 Å². The van der Waals surface area contributed by atoms with Gasteiger partial charge in [0, 0.05) is 30.7 Å². The standard InChI is InChI=1S/C16H30N2O/c1-12-9-18(10-13(12)2)15-4-3-7-16(8-15,11-19)17-14-5-6-14/h12-15,17,19H,3-11H2,1-2H3. The van der Waals surface area contributed by atoms with Crippen molar-refractivity contribution in [1.82, 2.24) is 10.2 Å². The Balaban J connectivity index is 1.63. The zero-order valence-corrected chi connectivity index (χ0v) is 12.6. The number of nitrogens with one attached hydrogen (secondary N) is 1. The van der Waals surface area contributed by atoms with Crippen LogP contribution in [0.1, 0.15) is 52.4 Å². The Bertz CT molecular complexity index is 308. The van der Waals surface area contributed by atoms with Crippen molar-refractivity contribution in [3.8, 4) is 0 Å². The van der Waals surface area contributed by atoms with E-state index in [0.717, 1.165) is 24.7 Å². The van der Waals surface area contributed by atoms with E-state index < -0.39 is 0 Å². The lowest BCUT2D eigenvalue weighted by atomic mass is 9.78. The Morgan fingerprint density at radius 3 is 2.42 bits per heavy atom. The molecule has 3 nitrogen and oxygen atoms in total. The highest BCUT2D eigenvalue weighted by Crippen LogP contribution is 2.37. The van der Waals surface area contributed by atoms with E-state index in [4.69, 9.17) is 0 Å². The summed E-state index contributed by atoms with van der Waals surface area (Å²) in [5.41, 5.74) is 0.0269. The summed E-state index contributed by atoms with van der Waals surface area (Å²) in [6.45, 7) is 7.61. The average Bonchev–Trinajstić information content (AvgIpc) is 3.15. The van der Waals surface area contributed by atoms with Gasteiger partial charge in [0.25, 0.3) is 0 Å². The third kappa shape index (κ3) is 2.98. The number of hydrogen-bond acceptors (Lipinski definition) is 3. The second kappa shape index (κ2) is 5.34. The van der Waals surface area contributed by atoms with Gasteiger partial charge in [0.15, 0.2) is 0 Å². The zero-order chi connectivity index (χ0) is 13.5. The molecule has 0 spiro atoms. The lowest BCUT2D eigenvalue weighted by Gasteiger charge is -2.44. The van der Waals surface area contributed by atoms with Gasteiger partial charge in [-0.05, 0) is 50.4 Å². The molecule has 0 aromatic carbocycles. The first kappa shape index (κ1) is 13.8. The second-order valence-corrected chi connectivity index (χ2v) is 7.52. The van der Waals surface area contributed by atoms with Crippen molar-refractivity contribution < 1.29 is 5.11 Å². The molecule has 110 valence electrons. The van der Waals surface area contributed by atoms with Gasteiger partial charge in [-0.3, -0.25) is 4.90 Å². The Hall–Kier alpha value is -0.120. The van der Waals surface area contributed by atoms with E-state index in [0.29, 0.717) is 18.7 Å². The van der Waals surface area contributed by atoms with E-state index in [1.807, 2.05) is 0 Å². The van der Waals surface area contributed by atoms with Gasteiger partial charge in [-0.2, -0.15) is 0 Å². The van der Waals surface area contributed by atoms with Gasteiger partial charge in [-0.25, -0.2) is 0 Å². The lowest BCUT2D eigenvalue weighted by molar-refractivity contribution is 0.0655. The van der Waals surface area contributed by atoms with Gasteiger partial charge in [-0.15, -0.1) is 0 Å². The Morgan fingerprint density at radius 1 is 1.16 bits per heavy atom. The van der Waals surface area contributed by atoms with Crippen molar-refractivity contribution in [3.05, 3.63) is 0 Å². The van der Waals surface area contributed by atoms with Crippen molar-refractivity contribution in [2.75, 3.05) is 19.7 Å². The van der Waals surface area contributed by atoms with E-state index >= 15 is 0 Å². The number of rotatable bonds is 4. The van der Waals surface area contributed by atoms with Gasteiger partial charge in [0.2, 0.25) is 0 Å². The fourth-order valence-electron chi connectivity index (χ4n) is 4.10. The predicted molar refractivity (Wildman–Crippen MR) is 78.1 cm³/mol. The van der Waals surface area contributed by atoms with Crippen LogP contribution in [0.5, 0.6) is 0 Å². The molecule has 0 bridgehead atoms. The molecule has 3 aliphatic rings. The summed E-state index contributed by atoms with van der Waals surface area (Å²) >= 11 is 0. The average molecular weight is 266 g/mol. The Kier molecular flexibility index (Phi) is 3.89. The maximum absolute atomic E-state index is 9.90. The van der Waals surface area contributed by atoms with Crippen LogP contribution in [-0.2, 0) is 0 Å². The van der Waals surface area contributed by atoms with Gasteiger partial charge >= 0.3 is 0 Å². The van der Waals surface area contributed by atoms with Crippen LogP contribution >= 0.6 is 0 Å². The van der Waals surface area contributed by atoms with Crippen molar-refractivity contribution in [3.63, 3.8) is 0 Å². The molecule has 19 heavy (non-hydrogen) atoms. The molecule has 2 N–H and O–H groups in total. The van der Waals surface area contributed by atoms with Crippen LogP contribution in [0.2, 0.25) is 0 Å². The number of hydrogen-bond donors (Lipinski definition) is 2. The monoisotopic (exact) mass is 266 g/mol. The van der Waals surface area contributed by atoms with E-state index in [1.54, 1.807) is 0 Å². The highest BCUT2D eigenvalue weighted by molar-refractivity contribution is 5.01. The fourth-order valence-corrected chi connectivity index (χ4v) is 4.10. The number of aliphatic hydroxyl groups is 1. The van der Waals surface area contributed by atoms with Gasteiger partial charge < -0.3 is 10.4 Å². The SMILES string of the molecule is CC1CN(C2CCCC(CO)(NC3CC3)C2)CC1C. The van der Waals surface area contributed by atoms with Crippen LogP contribution in [0, 0.1) is 11.8 Å². The van der Waals surface area contributed by atoms with Crippen LogP contribution in [0.3, 0.4) is 0 Å². The molecule has 2 saturated carbocycles. The third-order valence-electron chi connectivity index (χ3n) is 5.74. The quantitative estimate of drug-likeness (QED) is 0.817. The largest absolute Gasteiger partial charge is 0.394 e. The molecule has 1 aliphatic heterocycles. The predicted octanol–water partition coefficient (Wildman–Crippen LogP) is 2.00. The summed E-state index contributed by atoms with van der Waals surface area (Å²) in [4.78, 5) is 2.70. The molecule has 0 aromatic rings. The van der Waals surface area contributed by atoms with Crippen LogP contribution in [0.4, 0.5) is 0 Å². The summed E-state index contributed by atoms with van der Waals surface area (Å²) in [5, 5.41) is 13.7. The fraction of sp³-hybridized carbons (Fsp3) is 1.00. The van der Waals surface area contributed by atoms with Crippen LogP contribution < -0.4 is 5.32 Å². The summed E-state index contributed by atoms with van der Waals surface area (Å²) in [5.74, 6) is 1.67. The second-order valence-electron chi connectivity index (χ2n) is 7.52. The minimum Gasteiger partial charge on any atom is -0.394 e. The third-order valence-corrected chi connectivity index (χ3v) is 5.74. The molecule has 3 heteroatoms. The molecule has 2 aliphatic carbocycles.